The van der Waals surface area contributed by atoms with Crippen LogP contribution in [0.5, 0.6) is 0 Å². The second-order valence-corrected chi connectivity index (χ2v) is 11.0. The summed E-state index contributed by atoms with van der Waals surface area (Å²) in [4.78, 5) is 64.0. The van der Waals surface area contributed by atoms with Crippen molar-refractivity contribution < 1.29 is 37.1 Å². The summed E-state index contributed by atoms with van der Waals surface area (Å²) in [7, 11) is 0. The smallest absolute Gasteiger partial charge is 0.356 e. The molecule has 4 N–H and O–H groups in total. The van der Waals surface area contributed by atoms with Gasteiger partial charge in [0.25, 0.3) is 0 Å². The van der Waals surface area contributed by atoms with Crippen LogP contribution >= 0.6 is 0 Å². The molecule has 13 heteroatoms. The molecule has 37 heavy (non-hydrogen) atoms. The van der Waals surface area contributed by atoms with Crippen LogP contribution in [0.2, 0.25) is 0 Å². The van der Waals surface area contributed by atoms with Crippen LogP contribution in [0.1, 0.15) is 39.5 Å². The van der Waals surface area contributed by atoms with Crippen LogP contribution in [0.15, 0.2) is 12.7 Å². The molecule has 2 aliphatic heterocycles. The summed E-state index contributed by atoms with van der Waals surface area (Å²) >= 11 is 0. The lowest BCUT2D eigenvalue weighted by Gasteiger charge is -2.34. The summed E-state index contributed by atoms with van der Waals surface area (Å²) < 4.78 is 38.7. The number of hydrogen-bond acceptors (Lipinski definition) is 5. The predicted molar refractivity (Wildman–Crippen MR) is 123 cm³/mol. The van der Waals surface area contributed by atoms with Crippen LogP contribution < -0.4 is 21.3 Å². The molecule has 0 aromatic heterocycles. The largest absolute Gasteiger partial charge is 0.471 e. The number of rotatable bonds is 9. The number of alkyl halides is 3. The number of piperidine rings is 1. The third-order valence-electron chi connectivity index (χ3n) is 8.17. The van der Waals surface area contributed by atoms with Gasteiger partial charge in [0.15, 0.2) is 0 Å². The van der Waals surface area contributed by atoms with Gasteiger partial charge >= 0.3 is 12.1 Å². The molecule has 0 unspecified atom stereocenters. The molecular formula is C24H32F3N5O5. The Balaban J connectivity index is 1.52. The summed E-state index contributed by atoms with van der Waals surface area (Å²) in [5, 5.41) is 9.88. The van der Waals surface area contributed by atoms with E-state index in [9.17, 15) is 37.1 Å². The standard InChI is InChI=1S/C24H32F3N5O5/c1-4-15(33)29-14(9-12-7-8-28-19(12)34)30-20(35)18-16-13(23(16,2)3)10-32(18)21(36)17(11-5-6-11)31-22(37)24(25,26)27/h4,11-14,16-18H,1,5-10H2,2-3H3,(H,28,34)(H,29,33)(H,30,35)(H,31,37)/t12-,13-,14-,16-,17-,18-/m0/s1. The normalized spacial score (nSPS) is 29.4. The number of carbonyl (C=O) groups excluding carboxylic acids is 5. The second-order valence-electron chi connectivity index (χ2n) is 11.0. The number of amides is 5. The van der Waals surface area contributed by atoms with Crippen molar-refractivity contribution in [3.8, 4) is 0 Å². The third kappa shape index (κ3) is 5.45. The maximum atomic E-state index is 13.6. The Labute approximate surface area is 212 Å². The highest BCUT2D eigenvalue weighted by Crippen LogP contribution is 2.65. The Morgan fingerprint density at radius 2 is 1.84 bits per heavy atom. The van der Waals surface area contributed by atoms with Gasteiger partial charge < -0.3 is 26.2 Å². The van der Waals surface area contributed by atoms with Crippen LogP contribution in [0, 0.1) is 29.1 Å². The Morgan fingerprint density at radius 1 is 1.16 bits per heavy atom. The first-order valence-corrected chi connectivity index (χ1v) is 12.4. The summed E-state index contributed by atoms with van der Waals surface area (Å²) in [6.07, 6.45) is -3.38. The molecule has 0 radical (unpaired) electrons. The molecular weight excluding hydrogens is 495 g/mol. The quantitative estimate of drug-likeness (QED) is 0.251. The average molecular weight is 528 g/mol. The lowest BCUT2D eigenvalue weighted by Crippen LogP contribution is -2.60. The van der Waals surface area contributed by atoms with E-state index in [1.165, 1.54) is 4.90 Å². The van der Waals surface area contributed by atoms with Gasteiger partial charge in [0, 0.05) is 19.0 Å². The molecule has 204 valence electrons. The van der Waals surface area contributed by atoms with Gasteiger partial charge in [0.2, 0.25) is 23.6 Å². The maximum absolute atomic E-state index is 13.6. The average Bonchev–Trinajstić information content (AvgIpc) is 3.61. The van der Waals surface area contributed by atoms with E-state index in [0.29, 0.717) is 25.8 Å². The van der Waals surface area contributed by atoms with Crippen molar-refractivity contribution in [1.82, 2.24) is 26.2 Å². The minimum Gasteiger partial charge on any atom is -0.356 e. The number of fused-ring (bicyclic) bond motifs is 1. The molecule has 4 rings (SSSR count). The number of nitrogens with zero attached hydrogens (tertiary/aromatic N) is 1. The topological polar surface area (TPSA) is 137 Å². The Bertz CT molecular complexity index is 1010. The van der Waals surface area contributed by atoms with E-state index in [1.807, 2.05) is 19.2 Å². The van der Waals surface area contributed by atoms with Gasteiger partial charge in [0.05, 0.1) is 0 Å². The van der Waals surface area contributed by atoms with Gasteiger partial charge in [-0.15, -0.1) is 0 Å². The highest BCUT2D eigenvalue weighted by atomic mass is 19.4. The first-order chi connectivity index (χ1) is 17.3. The van der Waals surface area contributed by atoms with E-state index in [2.05, 4.69) is 22.5 Å². The molecule has 6 atom stereocenters. The molecule has 10 nitrogen and oxygen atoms in total. The lowest BCUT2D eigenvalue weighted by molar-refractivity contribution is -0.175. The zero-order valence-electron chi connectivity index (χ0n) is 20.7. The van der Waals surface area contributed by atoms with Gasteiger partial charge in [-0.25, -0.2) is 0 Å². The van der Waals surface area contributed by atoms with Crippen molar-refractivity contribution in [3.63, 3.8) is 0 Å². The summed E-state index contributed by atoms with van der Waals surface area (Å²) in [6.45, 7) is 7.96. The Kier molecular flexibility index (Phi) is 7.02. The minimum absolute atomic E-state index is 0.0350. The fourth-order valence-electron chi connectivity index (χ4n) is 5.82. The van der Waals surface area contributed by atoms with Crippen LogP contribution in [-0.2, 0) is 24.0 Å². The van der Waals surface area contributed by atoms with Gasteiger partial charge in [-0.1, -0.05) is 20.4 Å². The summed E-state index contributed by atoms with van der Waals surface area (Å²) in [6, 6.07) is -2.36. The molecule has 0 spiro atoms. The van der Waals surface area contributed by atoms with Crippen LogP contribution in [-0.4, -0.2) is 72.0 Å². The molecule has 0 aromatic carbocycles. The van der Waals surface area contributed by atoms with Gasteiger partial charge in [-0.05, 0) is 54.9 Å². The fraction of sp³-hybridized carbons (Fsp3) is 0.708. The molecule has 0 aromatic rings. The van der Waals surface area contributed by atoms with Gasteiger partial charge in [-0.2, -0.15) is 13.2 Å². The van der Waals surface area contributed by atoms with E-state index < -0.39 is 59.9 Å². The number of nitrogens with one attached hydrogen (secondary N) is 4. The highest BCUT2D eigenvalue weighted by molar-refractivity contribution is 5.95. The summed E-state index contributed by atoms with van der Waals surface area (Å²) in [5.41, 5.74) is -0.270. The van der Waals surface area contributed by atoms with E-state index in [0.717, 1.165) is 6.08 Å². The number of halogens is 3. The molecule has 2 saturated heterocycles. The third-order valence-corrected chi connectivity index (χ3v) is 8.17. The first-order valence-electron chi connectivity index (χ1n) is 12.4. The molecule has 2 saturated carbocycles. The SMILES string of the molecule is C=CC(=O)N[C@H](C[C@@H]1CCNC1=O)NC(=O)[C@@H]1[C@@H]2[C@H](CN1C(=O)[C@@H](NC(=O)C(F)(F)F)C1CC1)C2(C)C. The van der Waals surface area contributed by atoms with Crippen LogP contribution in [0.3, 0.4) is 0 Å². The second kappa shape index (κ2) is 9.64. The summed E-state index contributed by atoms with van der Waals surface area (Å²) in [5.74, 6) is -5.36. The number of hydrogen-bond donors (Lipinski definition) is 4. The van der Waals surface area contributed by atoms with Gasteiger partial charge in [-0.3, -0.25) is 24.0 Å². The molecule has 0 bridgehead atoms. The predicted octanol–water partition coefficient (Wildman–Crippen LogP) is 0.197. The fourth-order valence-corrected chi connectivity index (χ4v) is 5.82. The van der Waals surface area contributed by atoms with Crippen molar-refractivity contribution in [1.29, 1.82) is 0 Å². The first kappa shape index (κ1) is 26.9. The molecule has 4 fully saturated rings. The van der Waals surface area contributed by atoms with Crippen molar-refractivity contribution in [3.05, 3.63) is 12.7 Å². The van der Waals surface area contributed by atoms with Crippen molar-refractivity contribution >= 4 is 29.5 Å². The molecule has 2 aliphatic carbocycles. The van der Waals surface area contributed by atoms with E-state index in [1.54, 1.807) is 0 Å². The van der Waals surface area contributed by atoms with Crippen LogP contribution in [0.4, 0.5) is 13.2 Å². The minimum atomic E-state index is -5.14. The van der Waals surface area contributed by atoms with Crippen molar-refractivity contribution in [2.75, 3.05) is 13.1 Å². The van der Waals surface area contributed by atoms with E-state index in [-0.39, 0.29) is 36.1 Å². The highest BCUT2D eigenvalue weighted by Gasteiger charge is 2.70. The van der Waals surface area contributed by atoms with E-state index in [4.69, 9.17) is 0 Å². The lowest BCUT2D eigenvalue weighted by atomic mass is 9.98. The van der Waals surface area contributed by atoms with Gasteiger partial charge in [0.1, 0.15) is 18.2 Å². The van der Waals surface area contributed by atoms with Crippen LogP contribution in [0.25, 0.3) is 0 Å². The molecule has 4 aliphatic rings. The monoisotopic (exact) mass is 527 g/mol. The van der Waals surface area contributed by atoms with Crippen molar-refractivity contribution in [2.45, 2.75) is 64.0 Å². The Hall–Kier alpha value is -3.12. The number of likely N-dealkylation sites (tertiary alicyclic amines) is 1. The molecule has 5 amide bonds. The molecule has 2 heterocycles. The van der Waals surface area contributed by atoms with E-state index >= 15 is 0 Å². The number of carbonyl (C=O) groups is 5. The maximum Gasteiger partial charge on any atom is 0.471 e. The Morgan fingerprint density at radius 3 is 2.38 bits per heavy atom. The van der Waals surface area contributed by atoms with Crippen molar-refractivity contribution in [2.24, 2.45) is 29.1 Å². The zero-order chi connectivity index (χ0) is 27.3. The zero-order valence-corrected chi connectivity index (χ0v) is 20.7.